The van der Waals surface area contributed by atoms with Crippen molar-refractivity contribution in [2.45, 2.75) is 51.4 Å². The molecule has 0 bridgehead atoms. The molecule has 0 aliphatic rings. The molecule has 0 aliphatic heterocycles. The molecular weight excluding hydrogens is 296 g/mol. The summed E-state index contributed by atoms with van der Waals surface area (Å²) in [6.07, 6.45) is 5.46. The molecule has 0 fully saturated rings. The third-order valence-corrected chi connectivity index (χ3v) is 3.16. The molecule has 3 N–H and O–H groups in total. The first-order valence-corrected chi connectivity index (χ1v) is 7.91. The summed E-state index contributed by atoms with van der Waals surface area (Å²) in [4.78, 5) is 32.6. The molecule has 0 aliphatic carbocycles. The van der Waals surface area contributed by atoms with Crippen LogP contribution in [0.4, 0.5) is 0 Å². The van der Waals surface area contributed by atoms with Crippen LogP contribution in [0.25, 0.3) is 0 Å². The number of carbonyl (C=O) groups excluding carboxylic acids is 2. The average Bonchev–Trinajstić information content (AvgIpc) is 2.45. The van der Waals surface area contributed by atoms with E-state index in [0.717, 1.165) is 32.1 Å². The predicted octanol–water partition coefficient (Wildman–Crippen LogP) is 1.66. The number of alkyl halides is 1. The van der Waals surface area contributed by atoms with Crippen molar-refractivity contribution in [3.05, 3.63) is 0 Å². The van der Waals surface area contributed by atoms with E-state index >= 15 is 0 Å². The van der Waals surface area contributed by atoms with Crippen molar-refractivity contribution >= 4 is 29.4 Å². The highest BCUT2D eigenvalue weighted by atomic mass is 35.5. The maximum Gasteiger partial charge on any atom is 0.303 e. The van der Waals surface area contributed by atoms with Gasteiger partial charge in [-0.15, -0.1) is 11.6 Å². The minimum Gasteiger partial charge on any atom is -0.481 e. The predicted molar refractivity (Wildman–Crippen MR) is 81.3 cm³/mol. The van der Waals surface area contributed by atoms with Gasteiger partial charge in [0.05, 0.1) is 0 Å². The highest BCUT2D eigenvalue weighted by molar-refractivity contribution is 6.27. The lowest BCUT2D eigenvalue weighted by atomic mass is 10.1. The van der Waals surface area contributed by atoms with E-state index in [1.165, 1.54) is 0 Å². The summed E-state index contributed by atoms with van der Waals surface area (Å²) in [5, 5.41) is 13.9. The van der Waals surface area contributed by atoms with Gasteiger partial charge in [0.2, 0.25) is 11.8 Å². The number of carboxylic acid groups (broad SMARTS) is 1. The molecule has 2 amide bonds. The SMILES string of the molecule is O=C(O)CCCCCNC(=O)CCCCCNC(=O)CCl. The van der Waals surface area contributed by atoms with E-state index in [-0.39, 0.29) is 24.1 Å². The molecule has 7 heteroatoms. The fraction of sp³-hybridized carbons (Fsp3) is 0.786. The van der Waals surface area contributed by atoms with Crippen LogP contribution in [0.15, 0.2) is 0 Å². The van der Waals surface area contributed by atoms with Gasteiger partial charge in [-0.3, -0.25) is 14.4 Å². The quantitative estimate of drug-likeness (QED) is 0.355. The van der Waals surface area contributed by atoms with Crippen LogP contribution in [0.5, 0.6) is 0 Å². The number of rotatable bonds is 13. The Kier molecular flexibility index (Phi) is 12.8. The van der Waals surface area contributed by atoms with Crippen molar-refractivity contribution in [3.8, 4) is 0 Å². The topological polar surface area (TPSA) is 95.5 Å². The Hall–Kier alpha value is -1.30. The third kappa shape index (κ3) is 14.9. The third-order valence-electron chi connectivity index (χ3n) is 2.91. The molecule has 0 rings (SSSR count). The summed E-state index contributed by atoms with van der Waals surface area (Å²) in [6, 6.07) is 0. The summed E-state index contributed by atoms with van der Waals surface area (Å²) in [6.45, 7) is 1.20. The van der Waals surface area contributed by atoms with Crippen LogP contribution in [0.1, 0.15) is 51.4 Å². The lowest BCUT2D eigenvalue weighted by Gasteiger charge is -2.05. The maximum absolute atomic E-state index is 11.5. The molecular formula is C14H25ClN2O4. The molecule has 0 saturated carbocycles. The van der Waals surface area contributed by atoms with Gasteiger partial charge in [-0.25, -0.2) is 0 Å². The van der Waals surface area contributed by atoms with Crippen molar-refractivity contribution < 1.29 is 19.5 Å². The first kappa shape index (κ1) is 19.7. The van der Waals surface area contributed by atoms with E-state index in [9.17, 15) is 14.4 Å². The van der Waals surface area contributed by atoms with Gasteiger partial charge in [0, 0.05) is 25.9 Å². The molecule has 0 saturated heterocycles. The van der Waals surface area contributed by atoms with E-state index in [2.05, 4.69) is 10.6 Å². The minimum absolute atomic E-state index is 0.0190. The van der Waals surface area contributed by atoms with Gasteiger partial charge in [0.1, 0.15) is 5.88 Å². The summed E-state index contributed by atoms with van der Waals surface area (Å²) >= 11 is 5.34. The zero-order chi connectivity index (χ0) is 15.9. The van der Waals surface area contributed by atoms with Gasteiger partial charge in [-0.1, -0.05) is 12.8 Å². The molecule has 0 atom stereocenters. The smallest absolute Gasteiger partial charge is 0.303 e. The zero-order valence-electron chi connectivity index (χ0n) is 12.3. The largest absolute Gasteiger partial charge is 0.481 e. The maximum atomic E-state index is 11.5. The van der Waals surface area contributed by atoms with Crippen LogP contribution in [0.3, 0.4) is 0 Å². The Bertz CT molecular complexity index is 324. The molecule has 0 spiro atoms. The second kappa shape index (κ2) is 13.7. The second-order valence-corrected chi connectivity index (χ2v) is 5.12. The van der Waals surface area contributed by atoms with Gasteiger partial charge >= 0.3 is 5.97 Å². The normalized spacial score (nSPS) is 10.1. The van der Waals surface area contributed by atoms with Gasteiger partial charge in [-0.2, -0.15) is 0 Å². The number of aliphatic carboxylic acids is 1. The lowest BCUT2D eigenvalue weighted by Crippen LogP contribution is -2.25. The molecule has 122 valence electrons. The summed E-state index contributed by atoms with van der Waals surface area (Å²) in [7, 11) is 0. The van der Waals surface area contributed by atoms with Crippen LogP contribution < -0.4 is 10.6 Å². The first-order valence-electron chi connectivity index (χ1n) is 7.37. The van der Waals surface area contributed by atoms with E-state index in [1.807, 2.05) is 0 Å². The van der Waals surface area contributed by atoms with Gasteiger partial charge in [-0.05, 0) is 25.7 Å². The van der Waals surface area contributed by atoms with Crippen LogP contribution in [-0.4, -0.2) is 41.9 Å². The number of hydrogen-bond donors (Lipinski definition) is 3. The summed E-state index contributed by atoms with van der Waals surface area (Å²) in [5.74, 6) is -0.939. The number of unbranched alkanes of at least 4 members (excludes halogenated alkanes) is 4. The Labute approximate surface area is 130 Å². The van der Waals surface area contributed by atoms with E-state index in [0.29, 0.717) is 25.9 Å². The van der Waals surface area contributed by atoms with E-state index in [4.69, 9.17) is 16.7 Å². The van der Waals surface area contributed by atoms with Crippen LogP contribution >= 0.6 is 11.6 Å². The number of carbonyl (C=O) groups is 3. The molecule has 6 nitrogen and oxygen atoms in total. The van der Waals surface area contributed by atoms with Crippen LogP contribution in [-0.2, 0) is 14.4 Å². The second-order valence-electron chi connectivity index (χ2n) is 4.85. The number of amides is 2. The number of nitrogens with one attached hydrogen (secondary N) is 2. The fourth-order valence-corrected chi connectivity index (χ4v) is 1.85. The zero-order valence-corrected chi connectivity index (χ0v) is 13.1. The number of hydrogen-bond acceptors (Lipinski definition) is 3. The molecule has 0 unspecified atom stereocenters. The fourth-order valence-electron chi connectivity index (χ4n) is 1.76. The highest BCUT2D eigenvalue weighted by Crippen LogP contribution is 2.01. The van der Waals surface area contributed by atoms with Crippen LogP contribution in [0.2, 0.25) is 0 Å². The minimum atomic E-state index is -0.777. The van der Waals surface area contributed by atoms with Crippen LogP contribution in [0, 0.1) is 0 Å². The Morgan fingerprint density at radius 1 is 0.762 bits per heavy atom. The summed E-state index contributed by atoms with van der Waals surface area (Å²) in [5.41, 5.74) is 0. The number of carboxylic acids is 1. The summed E-state index contributed by atoms with van der Waals surface area (Å²) < 4.78 is 0. The lowest BCUT2D eigenvalue weighted by molar-refractivity contribution is -0.137. The molecule has 21 heavy (non-hydrogen) atoms. The van der Waals surface area contributed by atoms with Crippen molar-refractivity contribution in [1.29, 1.82) is 0 Å². The van der Waals surface area contributed by atoms with E-state index < -0.39 is 5.97 Å². The molecule has 0 heterocycles. The molecule has 0 aromatic carbocycles. The number of halogens is 1. The van der Waals surface area contributed by atoms with Crippen molar-refractivity contribution in [2.24, 2.45) is 0 Å². The van der Waals surface area contributed by atoms with Crippen molar-refractivity contribution in [2.75, 3.05) is 19.0 Å². The van der Waals surface area contributed by atoms with E-state index in [1.54, 1.807) is 0 Å². The molecule has 0 radical (unpaired) electrons. The van der Waals surface area contributed by atoms with Crippen molar-refractivity contribution in [3.63, 3.8) is 0 Å². The standard InChI is InChI=1S/C14H25ClN2O4/c15-11-13(19)17-10-5-1-3-7-12(18)16-9-6-2-4-8-14(20)21/h1-11H2,(H,16,18)(H,17,19)(H,20,21). The Morgan fingerprint density at radius 2 is 1.29 bits per heavy atom. The Morgan fingerprint density at radius 3 is 1.81 bits per heavy atom. The first-order chi connectivity index (χ1) is 10.1. The van der Waals surface area contributed by atoms with Gasteiger partial charge in [0.25, 0.3) is 0 Å². The molecule has 0 aromatic heterocycles. The Balaban J connectivity index is 3.27. The van der Waals surface area contributed by atoms with Crippen molar-refractivity contribution in [1.82, 2.24) is 10.6 Å². The molecule has 0 aromatic rings. The van der Waals surface area contributed by atoms with Gasteiger partial charge < -0.3 is 15.7 Å². The average molecular weight is 321 g/mol. The van der Waals surface area contributed by atoms with Gasteiger partial charge in [0.15, 0.2) is 0 Å². The monoisotopic (exact) mass is 320 g/mol. The highest BCUT2D eigenvalue weighted by Gasteiger charge is 2.02.